The molecule has 0 bridgehead atoms. The van der Waals surface area contributed by atoms with Gasteiger partial charge in [0, 0.05) is 23.6 Å². The normalized spacial score (nSPS) is 15.7. The number of nitrogens with one attached hydrogen (secondary N) is 3. The number of anilines is 2. The standard InChI is InChI=1S/C23H24ClFN4O4/c1-4-11-29-13(2)19(21(30)33-3)20(28-23(29)32)14-5-7-15(8-6-14)26-22(31)27-16-9-10-18(25)17(24)12-16/h5-10,12,20H,4,11H2,1-3H3,(H,28,32)(H2,26,27,31). The summed E-state index contributed by atoms with van der Waals surface area (Å²) in [5.74, 6) is -1.11. The number of carbonyl (C=O) groups excluding carboxylic acids is 3. The molecule has 1 atom stereocenters. The maximum Gasteiger partial charge on any atom is 0.337 e. The number of nitrogens with zero attached hydrogens (tertiary/aromatic N) is 1. The van der Waals surface area contributed by atoms with Crippen molar-refractivity contribution in [2.45, 2.75) is 26.3 Å². The highest BCUT2D eigenvalue weighted by atomic mass is 35.5. The summed E-state index contributed by atoms with van der Waals surface area (Å²) in [6.45, 7) is 4.13. The summed E-state index contributed by atoms with van der Waals surface area (Å²) >= 11 is 5.72. The smallest absolute Gasteiger partial charge is 0.337 e. The second kappa shape index (κ2) is 10.4. The summed E-state index contributed by atoms with van der Waals surface area (Å²) in [5, 5.41) is 7.97. The molecule has 0 radical (unpaired) electrons. The number of allylic oxidation sites excluding steroid dienone is 1. The zero-order chi connectivity index (χ0) is 24.1. The number of methoxy groups -OCH3 is 1. The third kappa shape index (κ3) is 5.43. The third-order valence-electron chi connectivity index (χ3n) is 5.13. The van der Waals surface area contributed by atoms with Gasteiger partial charge in [0.05, 0.1) is 23.7 Å². The van der Waals surface area contributed by atoms with E-state index in [9.17, 15) is 18.8 Å². The topological polar surface area (TPSA) is 99.8 Å². The Morgan fingerprint density at radius 3 is 2.39 bits per heavy atom. The van der Waals surface area contributed by atoms with Gasteiger partial charge in [-0.15, -0.1) is 0 Å². The first-order valence-electron chi connectivity index (χ1n) is 10.2. The van der Waals surface area contributed by atoms with Crippen molar-refractivity contribution in [2.75, 3.05) is 24.3 Å². The Bertz CT molecular complexity index is 1100. The molecule has 1 aliphatic rings. The molecule has 0 saturated carbocycles. The van der Waals surface area contributed by atoms with E-state index in [1.807, 2.05) is 6.92 Å². The van der Waals surface area contributed by atoms with Gasteiger partial charge in [-0.05, 0) is 49.2 Å². The van der Waals surface area contributed by atoms with Crippen molar-refractivity contribution < 1.29 is 23.5 Å². The van der Waals surface area contributed by atoms with Gasteiger partial charge in [0.25, 0.3) is 0 Å². The molecule has 0 spiro atoms. The number of carbonyl (C=O) groups is 3. The van der Waals surface area contributed by atoms with Crippen molar-refractivity contribution in [1.29, 1.82) is 0 Å². The molecule has 2 aromatic carbocycles. The first-order valence-corrected chi connectivity index (χ1v) is 10.6. The van der Waals surface area contributed by atoms with Gasteiger partial charge in [-0.25, -0.2) is 18.8 Å². The number of ether oxygens (including phenoxy) is 1. The molecule has 3 N–H and O–H groups in total. The van der Waals surface area contributed by atoms with Crippen molar-refractivity contribution in [3.63, 3.8) is 0 Å². The van der Waals surface area contributed by atoms with Crippen LogP contribution < -0.4 is 16.0 Å². The Kier molecular flexibility index (Phi) is 7.55. The highest BCUT2D eigenvalue weighted by Gasteiger charge is 2.35. The summed E-state index contributed by atoms with van der Waals surface area (Å²) in [7, 11) is 1.29. The van der Waals surface area contributed by atoms with Gasteiger partial charge in [-0.1, -0.05) is 30.7 Å². The quantitative estimate of drug-likeness (QED) is 0.510. The lowest BCUT2D eigenvalue weighted by Crippen LogP contribution is -2.48. The number of hydrogen-bond donors (Lipinski definition) is 3. The Hall–Kier alpha value is -3.59. The molecular weight excluding hydrogens is 451 g/mol. The SMILES string of the molecule is CCCN1C(=O)NC(c2ccc(NC(=O)Nc3ccc(F)c(Cl)c3)cc2)C(C(=O)OC)=C1C. The molecule has 4 amide bonds. The second-order valence-electron chi connectivity index (χ2n) is 7.35. The summed E-state index contributed by atoms with van der Waals surface area (Å²) in [4.78, 5) is 38.8. The van der Waals surface area contributed by atoms with E-state index in [2.05, 4.69) is 16.0 Å². The van der Waals surface area contributed by atoms with Crippen molar-refractivity contribution in [3.05, 3.63) is 70.1 Å². The van der Waals surface area contributed by atoms with Crippen LogP contribution in [-0.2, 0) is 9.53 Å². The lowest BCUT2D eigenvalue weighted by molar-refractivity contribution is -0.136. The van der Waals surface area contributed by atoms with Gasteiger partial charge < -0.3 is 20.7 Å². The van der Waals surface area contributed by atoms with E-state index in [4.69, 9.17) is 16.3 Å². The van der Waals surface area contributed by atoms with Crippen LogP contribution in [0.5, 0.6) is 0 Å². The van der Waals surface area contributed by atoms with Crippen LogP contribution in [-0.4, -0.2) is 36.6 Å². The van der Waals surface area contributed by atoms with Crippen LogP contribution >= 0.6 is 11.6 Å². The van der Waals surface area contributed by atoms with Crippen LogP contribution in [0.25, 0.3) is 0 Å². The average molecular weight is 475 g/mol. The summed E-state index contributed by atoms with van der Waals surface area (Å²) in [5.41, 5.74) is 2.34. The number of amides is 4. The monoisotopic (exact) mass is 474 g/mol. The molecule has 3 rings (SSSR count). The summed E-state index contributed by atoms with van der Waals surface area (Å²) < 4.78 is 18.2. The van der Waals surface area contributed by atoms with Crippen LogP contribution in [0.3, 0.4) is 0 Å². The number of benzene rings is 2. The molecule has 0 aromatic heterocycles. The molecule has 0 aliphatic carbocycles. The first-order chi connectivity index (χ1) is 15.7. The molecule has 0 fully saturated rings. The van der Waals surface area contributed by atoms with E-state index in [0.29, 0.717) is 34.8 Å². The van der Waals surface area contributed by atoms with Crippen molar-refractivity contribution in [3.8, 4) is 0 Å². The van der Waals surface area contributed by atoms with Crippen LogP contribution in [0.2, 0.25) is 5.02 Å². The summed E-state index contributed by atoms with van der Waals surface area (Å²) in [6, 6.07) is 8.98. The predicted molar refractivity (Wildman–Crippen MR) is 123 cm³/mol. The fraction of sp³-hybridized carbons (Fsp3) is 0.261. The maximum absolute atomic E-state index is 13.3. The molecule has 174 valence electrons. The minimum atomic E-state index is -0.692. The summed E-state index contributed by atoms with van der Waals surface area (Å²) in [6.07, 6.45) is 0.733. The second-order valence-corrected chi connectivity index (χ2v) is 7.76. The number of rotatable bonds is 6. The Balaban J connectivity index is 1.77. The Morgan fingerprint density at radius 2 is 1.79 bits per heavy atom. The Labute approximate surface area is 195 Å². The first kappa shape index (κ1) is 24.1. The van der Waals surface area contributed by atoms with E-state index in [1.54, 1.807) is 31.2 Å². The molecular formula is C23H24ClFN4O4. The molecule has 2 aromatic rings. The van der Waals surface area contributed by atoms with Gasteiger partial charge in [0.2, 0.25) is 0 Å². The van der Waals surface area contributed by atoms with Gasteiger partial charge in [-0.2, -0.15) is 0 Å². The minimum Gasteiger partial charge on any atom is -0.466 e. The molecule has 1 heterocycles. The molecule has 8 nitrogen and oxygen atoms in total. The van der Waals surface area contributed by atoms with Gasteiger partial charge in [0.15, 0.2) is 0 Å². The van der Waals surface area contributed by atoms with Gasteiger partial charge in [0.1, 0.15) is 5.82 Å². The largest absolute Gasteiger partial charge is 0.466 e. The molecule has 0 saturated heterocycles. The van der Waals surface area contributed by atoms with E-state index >= 15 is 0 Å². The van der Waals surface area contributed by atoms with Gasteiger partial charge >= 0.3 is 18.0 Å². The van der Waals surface area contributed by atoms with Crippen LogP contribution in [0.4, 0.5) is 25.4 Å². The zero-order valence-electron chi connectivity index (χ0n) is 18.4. The highest BCUT2D eigenvalue weighted by molar-refractivity contribution is 6.31. The van der Waals surface area contributed by atoms with E-state index < -0.39 is 23.9 Å². The third-order valence-corrected chi connectivity index (χ3v) is 5.42. The lowest BCUT2D eigenvalue weighted by atomic mass is 9.94. The number of esters is 1. The van der Waals surface area contributed by atoms with Gasteiger partial charge in [-0.3, -0.25) is 4.90 Å². The molecule has 1 unspecified atom stereocenters. The van der Waals surface area contributed by atoms with Crippen LogP contribution in [0, 0.1) is 5.82 Å². The number of hydrogen-bond acceptors (Lipinski definition) is 4. The lowest BCUT2D eigenvalue weighted by Gasteiger charge is -2.35. The molecule has 10 heteroatoms. The van der Waals surface area contributed by atoms with Crippen molar-refractivity contribution >= 4 is 41.0 Å². The van der Waals surface area contributed by atoms with E-state index in [1.165, 1.54) is 24.1 Å². The van der Waals surface area contributed by atoms with E-state index in [-0.39, 0.29) is 11.1 Å². The highest BCUT2D eigenvalue weighted by Crippen LogP contribution is 2.32. The molecule has 1 aliphatic heterocycles. The van der Waals surface area contributed by atoms with Crippen molar-refractivity contribution in [1.82, 2.24) is 10.2 Å². The predicted octanol–water partition coefficient (Wildman–Crippen LogP) is 5.05. The minimum absolute atomic E-state index is 0.103. The fourth-order valence-electron chi connectivity index (χ4n) is 3.52. The van der Waals surface area contributed by atoms with Crippen LogP contribution in [0.1, 0.15) is 31.9 Å². The maximum atomic E-state index is 13.3. The zero-order valence-corrected chi connectivity index (χ0v) is 19.1. The molecule has 33 heavy (non-hydrogen) atoms. The fourth-order valence-corrected chi connectivity index (χ4v) is 3.71. The Morgan fingerprint density at radius 1 is 1.15 bits per heavy atom. The van der Waals surface area contributed by atoms with E-state index in [0.717, 1.165) is 12.5 Å². The van der Waals surface area contributed by atoms with Crippen molar-refractivity contribution in [2.24, 2.45) is 0 Å². The number of halogens is 2. The average Bonchev–Trinajstić information content (AvgIpc) is 2.78. The number of urea groups is 2. The van der Waals surface area contributed by atoms with Crippen LogP contribution in [0.15, 0.2) is 53.7 Å².